The van der Waals surface area contributed by atoms with Gasteiger partial charge in [0, 0.05) is 4.91 Å². The number of hydrogen-bond acceptors (Lipinski definition) is 5. The SMILES string of the molecule is CC1CC(C2=C(C(=O)O)N3C(=O)[C@H]([C@@H](C)O)[C@H]3S2)C1.CN(C)C. The summed E-state index contributed by atoms with van der Waals surface area (Å²) in [6.07, 6.45) is 1.26. The molecule has 1 amide bonds. The molecule has 7 heteroatoms. The van der Waals surface area contributed by atoms with E-state index in [9.17, 15) is 19.8 Å². The fourth-order valence-electron chi connectivity index (χ4n) is 3.21. The predicted octanol–water partition coefficient (Wildman–Crippen LogP) is 1.42. The highest BCUT2D eigenvalue weighted by Crippen LogP contribution is 2.56. The molecule has 23 heavy (non-hydrogen) atoms. The Labute approximate surface area is 141 Å². The van der Waals surface area contributed by atoms with E-state index in [1.165, 1.54) is 16.7 Å². The Morgan fingerprint density at radius 1 is 1.35 bits per heavy atom. The molecule has 0 aromatic heterocycles. The summed E-state index contributed by atoms with van der Waals surface area (Å²) in [5.41, 5.74) is 0.161. The van der Waals surface area contributed by atoms with Crippen LogP contribution in [0.2, 0.25) is 0 Å². The van der Waals surface area contributed by atoms with Crippen molar-refractivity contribution in [3.8, 4) is 0 Å². The molecule has 1 saturated carbocycles. The van der Waals surface area contributed by atoms with E-state index in [1.807, 2.05) is 26.0 Å². The summed E-state index contributed by atoms with van der Waals surface area (Å²) in [4.78, 5) is 27.6. The van der Waals surface area contributed by atoms with Crippen LogP contribution in [0.4, 0.5) is 0 Å². The van der Waals surface area contributed by atoms with Crippen molar-refractivity contribution < 1.29 is 19.8 Å². The number of carboxylic acid groups (broad SMARTS) is 1. The summed E-state index contributed by atoms with van der Waals surface area (Å²) in [7, 11) is 6.00. The molecular weight excluding hydrogens is 316 g/mol. The van der Waals surface area contributed by atoms with Crippen LogP contribution in [-0.4, -0.2) is 64.5 Å². The number of aliphatic hydroxyl groups excluding tert-OH is 1. The number of aliphatic hydroxyl groups is 1. The predicted molar refractivity (Wildman–Crippen MR) is 89.6 cm³/mol. The maximum atomic E-state index is 12.0. The monoisotopic (exact) mass is 342 g/mol. The summed E-state index contributed by atoms with van der Waals surface area (Å²) in [6.45, 7) is 3.74. The van der Waals surface area contributed by atoms with E-state index in [0.29, 0.717) is 5.92 Å². The third-order valence-electron chi connectivity index (χ3n) is 4.27. The van der Waals surface area contributed by atoms with E-state index in [-0.39, 0.29) is 22.9 Å². The molecule has 1 aliphatic carbocycles. The van der Waals surface area contributed by atoms with Gasteiger partial charge < -0.3 is 15.1 Å². The Bertz CT molecular complexity index is 523. The smallest absolute Gasteiger partial charge is 0.353 e. The number of thioether (sulfide) groups is 1. The molecule has 0 unspecified atom stereocenters. The Kier molecular flexibility index (Phi) is 5.43. The number of hydrogen-bond donors (Lipinski definition) is 2. The second-order valence-corrected chi connectivity index (χ2v) is 8.27. The van der Waals surface area contributed by atoms with Gasteiger partial charge in [-0.05, 0) is 52.7 Å². The number of carboxylic acids is 1. The van der Waals surface area contributed by atoms with Gasteiger partial charge in [-0.15, -0.1) is 11.8 Å². The summed E-state index contributed by atoms with van der Waals surface area (Å²) in [5, 5.41) is 18.8. The first kappa shape index (κ1) is 18.3. The zero-order chi connectivity index (χ0) is 17.5. The number of carbonyl (C=O) groups excluding carboxylic acids is 1. The average molecular weight is 342 g/mol. The van der Waals surface area contributed by atoms with Crippen molar-refractivity contribution in [3.05, 3.63) is 10.6 Å². The normalized spacial score (nSPS) is 33.5. The fourth-order valence-corrected chi connectivity index (χ4v) is 4.96. The molecule has 0 radical (unpaired) electrons. The molecule has 2 N–H and O–H groups in total. The highest BCUT2D eigenvalue weighted by molar-refractivity contribution is 8.04. The van der Waals surface area contributed by atoms with Crippen molar-refractivity contribution in [1.29, 1.82) is 0 Å². The van der Waals surface area contributed by atoms with E-state index in [2.05, 4.69) is 6.92 Å². The van der Waals surface area contributed by atoms with Crippen LogP contribution in [0.25, 0.3) is 0 Å². The topological polar surface area (TPSA) is 81.1 Å². The first-order chi connectivity index (χ1) is 10.6. The summed E-state index contributed by atoms with van der Waals surface area (Å²) in [6, 6.07) is 0. The van der Waals surface area contributed by atoms with Crippen molar-refractivity contribution in [2.24, 2.45) is 17.8 Å². The molecule has 0 bridgehead atoms. The van der Waals surface area contributed by atoms with Gasteiger partial charge in [-0.25, -0.2) is 4.79 Å². The lowest BCUT2D eigenvalue weighted by atomic mass is 9.75. The average Bonchev–Trinajstić information content (AvgIpc) is 2.68. The summed E-state index contributed by atoms with van der Waals surface area (Å²) < 4.78 is 0. The van der Waals surface area contributed by atoms with Crippen LogP contribution in [-0.2, 0) is 9.59 Å². The van der Waals surface area contributed by atoms with Crippen molar-refractivity contribution in [3.63, 3.8) is 0 Å². The standard InChI is InChI=1S/C13H17NO4S.C3H9N/c1-5-3-7(4-5)10-9(13(17)18)14-11(16)8(6(2)15)12(14)19-10;1-4(2)3/h5-8,12,15H,3-4H2,1-2H3,(H,17,18);1-3H3/t5?,6-,7?,8+,12-;/m1./s1. The molecule has 2 heterocycles. The number of fused-ring (bicyclic) bond motifs is 1. The number of nitrogens with zero attached hydrogens (tertiary/aromatic N) is 2. The Hall–Kier alpha value is -1.05. The lowest BCUT2D eigenvalue weighted by molar-refractivity contribution is -0.156. The maximum absolute atomic E-state index is 12.0. The molecule has 6 nitrogen and oxygen atoms in total. The minimum Gasteiger partial charge on any atom is -0.477 e. The van der Waals surface area contributed by atoms with E-state index >= 15 is 0 Å². The summed E-state index contributed by atoms with van der Waals surface area (Å²) in [5.74, 6) is -0.840. The Balaban J connectivity index is 0.000000433. The van der Waals surface area contributed by atoms with Gasteiger partial charge in [-0.3, -0.25) is 9.69 Å². The van der Waals surface area contributed by atoms with E-state index in [4.69, 9.17) is 0 Å². The van der Waals surface area contributed by atoms with Crippen LogP contribution in [0.3, 0.4) is 0 Å². The third kappa shape index (κ3) is 3.41. The van der Waals surface area contributed by atoms with Gasteiger partial charge in [0.2, 0.25) is 5.91 Å². The number of allylic oxidation sites excluding steroid dienone is 1. The molecule has 0 aromatic carbocycles. The van der Waals surface area contributed by atoms with Crippen LogP contribution in [0.1, 0.15) is 26.7 Å². The minimum atomic E-state index is -1.03. The lowest BCUT2D eigenvalue weighted by Gasteiger charge is -2.43. The fraction of sp³-hybridized carbons (Fsp3) is 0.750. The van der Waals surface area contributed by atoms with Gasteiger partial charge in [0.1, 0.15) is 11.1 Å². The van der Waals surface area contributed by atoms with Crippen LogP contribution in [0.5, 0.6) is 0 Å². The molecule has 1 saturated heterocycles. The van der Waals surface area contributed by atoms with Crippen molar-refractivity contribution in [1.82, 2.24) is 9.80 Å². The van der Waals surface area contributed by atoms with Gasteiger partial charge in [-0.1, -0.05) is 6.92 Å². The first-order valence-electron chi connectivity index (χ1n) is 7.91. The Morgan fingerprint density at radius 2 is 1.87 bits per heavy atom. The van der Waals surface area contributed by atoms with E-state index < -0.39 is 18.0 Å². The van der Waals surface area contributed by atoms with Crippen LogP contribution in [0, 0.1) is 17.8 Å². The van der Waals surface area contributed by atoms with Gasteiger partial charge in [0.05, 0.1) is 12.0 Å². The number of amides is 1. The highest BCUT2D eigenvalue weighted by atomic mass is 32.2. The van der Waals surface area contributed by atoms with Gasteiger partial charge >= 0.3 is 5.97 Å². The van der Waals surface area contributed by atoms with Crippen molar-refractivity contribution >= 4 is 23.6 Å². The lowest BCUT2D eigenvalue weighted by Crippen LogP contribution is -2.60. The second kappa shape index (κ2) is 6.83. The minimum absolute atomic E-state index is 0.161. The maximum Gasteiger partial charge on any atom is 0.353 e. The largest absolute Gasteiger partial charge is 0.477 e. The number of rotatable bonds is 3. The molecule has 2 fully saturated rings. The second-order valence-electron chi connectivity index (χ2n) is 7.12. The number of aliphatic carboxylic acids is 1. The highest BCUT2D eigenvalue weighted by Gasteiger charge is 2.58. The molecule has 3 atom stereocenters. The first-order valence-corrected chi connectivity index (χ1v) is 8.79. The Morgan fingerprint density at radius 3 is 2.26 bits per heavy atom. The molecule has 2 aliphatic heterocycles. The third-order valence-corrected chi connectivity index (χ3v) is 5.80. The molecule has 0 spiro atoms. The zero-order valence-electron chi connectivity index (χ0n) is 14.3. The van der Waals surface area contributed by atoms with Crippen LogP contribution >= 0.6 is 11.8 Å². The molecule has 130 valence electrons. The van der Waals surface area contributed by atoms with Crippen molar-refractivity contribution in [2.45, 2.75) is 38.2 Å². The van der Waals surface area contributed by atoms with E-state index in [0.717, 1.165) is 17.7 Å². The number of β-lactam (4-membered cyclic amide) rings is 1. The zero-order valence-corrected chi connectivity index (χ0v) is 15.1. The number of carbonyl (C=O) groups is 2. The molecular formula is C16H26N2O4S. The summed E-state index contributed by atoms with van der Waals surface area (Å²) >= 11 is 1.47. The van der Waals surface area contributed by atoms with Gasteiger partial charge in [0.25, 0.3) is 0 Å². The van der Waals surface area contributed by atoms with E-state index in [1.54, 1.807) is 6.92 Å². The molecule has 3 rings (SSSR count). The van der Waals surface area contributed by atoms with Crippen LogP contribution in [0.15, 0.2) is 10.6 Å². The van der Waals surface area contributed by atoms with Gasteiger partial charge in [0.15, 0.2) is 0 Å². The quantitative estimate of drug-likeness (QED) is 0.755. The van der Waals surface area contributed by atoms with Gasteiger partial charge in [-0.2, -0.15) is 0 Å². The van der Waals surface area contributed by atoms with Crippen molar-refractivity contribution in [2.75, 3.05) is 21.1 Å². The molecule has 0 aromatic rings. The molecule has 3 aliphatic rings. The van der Waals surface area contributed by atoms with Crippen LogP contribution < -0.4 is 0 Å².